The van der Waals surface area contributed by atoms with Crippen molar-refractivity contribution in [1.82, 2.24) is 4.98 Å². The molecule has 0 aliphatic carbocycles. The normalized spacial score (nSPS) is 10.4. The molecule has 1 aromatic heterocycles. The SMILES string of the molecule is O=C(O)c1ccc(CSc2nccs2)c(F)c1. The molecule has 1 heterocycles. The third-order valence-electron chi connectivity index (χ3n) is 2.06. The number of thioether (sulfide) groups is 1. The van der Waals surface area contributed by atoms with Crippen molar-refractivity contribution in [3.05, 3.63) is 46.7 Å². The Labute approximate surface area is 105 Å². The lowest BCUT2D eigenvalue weighted by molar-refractivity contribution is 0.0696. The van der Waals surface area contributed by atoms with Crippen LogP contribution in [0.15, 0.2) is 34.1 Å². The molecule has 0 bridgehead atoms. The second-order valence-corrected chi connectivity index (χ2v) is 5.32. The first-order valence-corrected chi connectivity index (χ1v) is 6.57. The van der Waals surface area contributed by atoms with Gasteiger partial charge in [0.2, 0.25) is 0 Å². The van der Waals surface area contributed by atoms with Crippen molar-refractivity contribution in [2.75, 3.05) is 0 Å². The average Bonchev–Trinajstić information content (AvgIpc) is 2.80. The molecule has 0 saturated carbocycles. The smallest absolute Gasteiger partial charge is 0.335 e. The lowest BCUT2D eigenvalue weighted by Gasteiger charge is -2.02. The number of aromatic carboxylic acids is 1. The summed E-state index contributed by atoms with van der Waals surface area (Å²) in [5, 5.41) is 10.6. The highest BCUT2D eigenvalue weighted by atomic mass is 32.2. The van der Waals surface area contributed by atoms with Crippen molar-refractivity contribution in [2.24, 2.45) is 0 Å². The quantitative estimate of drug-likeness (QED) is 0.865. The van der Waals surface area contributed by atoms with Crippen LogP contribution in [0.25, 0.3) is 0 Å². The largest absolute Gasteiger partial charge is 0.478 e. The molecule has 2 rings (SSSR count). The van der Waals surface area contributed by atoms with Crippen molar-refractivity contribution in [2.45, 2.75) is 10.1 Å². The van der Waals surface area contributed by atoms with E-state index in [-0.39, 0.29) is 5.56 Å². The fraction of sp³-hybridized carbons (Fsp3) is 0.0909. The summed E-state index contributed by atoms with van der Waals surface area (Å²) in [4.78, 5) is 14.7. The van der Waals surface area contributed by atoms with E-state index in [1.54, 1.807) is 6.20 Å². The Morgan fingerprint density at radius 2 is 2.35 bits per heavy atom. The molecule has 3 nitrogen and oxygen atoms in total. The highest BCUT2D eigenvalue weighted by Crippen LogP contribution is 2.25. The van der Waals surface area contributed by atoms with Crippen molar-refractivity contribution in [1.29, 1.82) is 0 Å². The number of aromatic nitrogens is 1. The van der Waals surface area contributed by atoms with Crippen LogP contribution in [0.1, 0.15) is 15.9 Å². The maximum absolute atomic E-state index is 13.5. The average molecular weight is 269 g/mol. The maximum atomic E-state index is 13.5. The van der Waals surface area contributed by atoms with Gasteiger partial charge < -0.3 is 5.11 Å². The third-order valence-corrected chi connectivity index (χ3v) is 4.08. The van der Waals surface area contributed by atoms with Gasteiger partial charge in [-0.05, 0) is 17.7 Å². The number of carbonyl (C=O) groups is 1. The minimum Gasteiger partial charge on any atom is -0.478 e. The van der Waals surface area contributed by atoms with E-state index in [0.29, 0.717) is 11.3 Å². The van der Waals surface area contributed by atoms with Gasteiger partial charge in [-0.3, -0.25) is 0 Å². The van der Waals surface area contributed by atoms with E-state index in [2.05, 4.69) is 4.98 Å². The van der Waals surface area contributed by atoms with Crippen LogP contribution < -0.4 is 0 Å². The third kappa shape index (κ3) is 3.04. The second-order valence-electron chi connectivity index (χ2n) is 3.20. The Hall–Kier alpha value is -1.40. The first kappa shape index (κ1) is 12.1. The zero-order valence-electron chi connectivity index (χ0n) is 8.59. The van der Waals surface area contributed by atoms with Crippen LogP contribution in [0.3, 0.4) is 0 Å². The molecule has 0 fully saturated rings. The molecular weight excluding hydrogens is 261 g/mol. The van der Waals surface area contributed by atoms with Crippen LogP contribution >= 0.6 is 23.1 Å². The summed E-state index contributed by atoms with van der Waals surface area (Å²) in [5.41, 5.74) is 0.445. The molecule has 0 amide bonds. The number of nitrogens with zero attached hydrogens (tertiary/aromatic N) is 1. The number of rotatable bonds is 4. The zero-order chi connectivity index (χ0) is 12.3. The van der Waals surface area contributed by atoms with Gasteiger partial charge in [0.15, 0.2) is 0 Å². The lowest BCUT2D eigenvalue weighted by Crippen LogP contribution is -1.98. The van der Waals surface area contributed by atoms with Crippen LogP contribution in [0, 0.1) is 5.82 Å². The van der Waals surface area contributed by atoms with E-state index in [1.807, 2.05) is 5.38 Å². The topological polar surface area (TPSA) is 50.2 Å². The predicted molar refractivity (Wildman–Crippen MR) is 65.0 cm³/mol. The summed E-state index contributed by atoms with van der Waals surface area (Å²) in [5.74, 6) is -1.17. The van der Waals surface area contributed by atoms with E-state index in [9.17, 15) is 9.18 Å². The first-order valence-electron chi connectivity index (χ1n) is 4.71. The fourth-order valence-electron chi connectivity index (χ4n) is 1.22. The number of hydrogen-bond acceptors (Lipinski definition) is 4. The van der Waals surface area contributed by atoms with Crippen molar-refractivity contribution < 1.29 is 14.3 Å². The van der Waals surface area contributed by atoms with E-state index in [4.69, 9.17) is 5.11 Å². The van der Waals surface area contributed by atoms with Crippen LogP contribution in [0.2, 0.25) is 0 Å². The number of carboxylic acid groups (broad SMARTS) is 1. The molecule has 0 aliphatic rings. The Bertz CT molecular complexity index is 528. The molecule has 0 radical (unpaired) electrons. The summed E-state index contributed by atoms with van der Waals surface area (Å²) >= 11 is 2.92. The van der Waals surface area contributed by atoms with Crippen LogP contribution in [-0.2, 0) is 5.75 Å². The van der Waals surface area contributed by atoms with Gasteiger partial charge in [-0.2, -0.15) is 0 Å². The number of carboxylic acids is 1. The molecule has 1 aromatic carbocycles. The molecular formula is C11H8FNO2S2. The molecule has 0 saturated heterocycles. The fourth-order valence-corrected chi connectivity index (χ4v) is 2.84. The number of thiazole rings is 1. The van der Waals surface area contributed by atoms with Gasteiger partial charge in [-0.15, -0.1) is 11.3 Å². The van der Waals surface area contributed by atoms with Crippen molar-refractivity contribution >= 4 is 29.1 Å². The number of benzene rings is 1. The van der Waals surface area contributed by atoms with E-state index in [0.717, 1.165) is 10.4 Å². The second kappa shape index (κ2) is 5.29. The standard InChI is InChI=1S/C11H8FNO2S2/c12-9-5-7(10(14)15)1-2-8(9)6-17-11-13-3-4-16-11/h1-5H,6H2,(H,14,15). The molecule has 88 valence electrons. The number of hydrogen-bond donors (Lipinski definition) is 1. The van der Waals surface area contributed by atoms with E-state index < -0.39 is 11.8 Å². The summed E-state index contributed by atoms with van der Waals surface area (Å²) in [6, 6.07) is 3.95. The summed E-state index contributed by atoms with van der Waals surface area (Å²) in [7, 11) is 0. The van der Waals surface area contributed by atoms with Crippen LogP contribution in [-0.4, -0.2) is 16.1 Å². The Kier molecular flexibility index (Phi) is 3.75. The van der Waals surface area contributed by atoms with Gasteiger partial charge in [-0.25, -0.2) is 14.2 Å². The van der Waals surface area contributed by atoms with Gasteiger partial charge in [-0.1, -0.05) is 17.8 Å². The minimum atomic E-state index is -1.12. The Morgan fingerprint density at radius 1 is 1.53 bits per heavy atom. The Morgan fingerprint density at radius 3 is 2.94 bits per heavy atom. The first-order chi connectivity index (χ1) is 8.16. The summed E-state index contributed by atoms with van der Waals surface area (Å²) in [6.07, 6.45) is 1.69. The Balaban J connectivity index is 2.09. The van der Waals surface area contributed by atoms with Gasteiger partial charge in [0.1, 0.15) is 10.2 Å². The van der Waals surface area contributed by atoms with Gasteiger partial charge in [0.05, 0.1) is 5.56 Å². The van der Waals surface area contributed by atoms with Crippen LogP contribution in [0.5, 0.6) is 0 Å². The van der Waals surface area contributed by atoms with Gasteiger partial charge in [0, 0.05) is 17.3 Å². The monoisotopic (exact) mass is 269 g/mol. The van der Waals surface area contributed by atoms with Gasteiger partial charge >= 0.3 is 5.97 Å². The predicted octanol–water partition coefficient (Wildman–Crippen LogP) is 3.27. The molecule has 6 heteroatoms. The zero-order valence-corrected chi connectivity index (χ0v) is 10.2. The minimum absolute atomic E-state index is 0.0366. The van der Waals surface area contributed by atoms with E-state index >= 15 is 0 Å². The molecule has 0 aliphatic heterocycles. The molecule has 0 atom stereocenters. The van der Waals surface area contributed by atoms with Crippen molar-refractivity contribution in [3.8, 4) is 0 Å². The molecule has 2 aromatic rings. The highest BCUT2D eigenvalue weighted by molar-refractivity contribution is 8.00. The van der Waals surface area contributed by atoms with Crippen molar-refractivity contribution in [3.63, 3.8) is 0 Å². The summed E-state index contributed by atoms with van der Waals surface area (Å²) < 4.78 is 14.4. The highest BCUT2D eigenvalue weighted by Gasteiger charge is 2.09. The van der Waals surface area contributed by atoms with Gasteiger partial charge in [0.25, 0.3) is 0 Å². The maximum Gasteiger partial charge on any atom is 0.335 e. The van der Waals surface area contributed by atoms with Crippen LogP contribution in [0.4, 0.5) is 4.39 Å². The molecule has 0 unspecified atom stereocenters. The molecule has 0 spiro atoms. The molecule has 1 N–H and O–H groups in total. The van der Waals surface area contributed by atoms with E-state index in [1.165, 1.54) is 35.2 Å². The molecule has 17 heavy (non-hydrogen) atoms. The number of halogens is 1. The lowest BCUT2D eigenvalue weighted by atomic mass is 10.1. The summed E-state index contributed by atoms with van der Waals surface area (Å²) in [6.45, 7) is 0.